The van der Waals surface area contributed by atoms with Crippen LogP contribution in [0.4, 0.5) is 0 Å². The average molecular weight is 281 g/mol. The van der Waals surface area contributed by atoms with E-state index in [0.717, 1.165) is 0 Å². The Hall–Kier alpha value is -0.810. The number of carbonyl (C=O) groups is 2. The molecule has 18 heavy (non-hydrogen) atoms. The number of nitrogens with two attached hydrogens (primary N) is 1. The second kappa shape index (κ2) is 10.1. The molecule has 0 aromatic heterocycles. The summed E-state index contributed by atoms with van der Waals surface area (Å²) < 4.78 is 4.66. The first-order valence-electron chi connectivity index (χ1n) is 5.99. The molecule has 0 radical (unpaired) electrons. The first-order chi connectivity index (χ1) is 7.86. The quantitative estimate of drug-likeness (QED) is 0.688. The Morgan fingerprint density at radius 2 is 1.83 bits per heavy atom. The molecule has 0 spiro atoms. The summed E-state index contributed by atoms with van der Waals surface area (Å²) in [5, 5.41) is 2.69. The first kappa shape index (κ1) is 19.5. The molecule has 0 aromatic rings. The summed E-state index contributed by atoms with van der Waals surface area (Å²) >= 11 is 0. The molecule has 0 saturated heterocycles. The van der Waals surface area contributed by atoms with Gasteiger partial charge in [0.2, 0.25) is 5.91 Å². The van der Waals surface area contributed by atoms with Crippen LogP contribution in [0.3, 0.4) is 0 Å². The molecule has 0 saturated carbocycles. The van der Waals surface area contributed by atoms with Crippen LogP contribution in [-0.2, 0) is 14.3 Å². The molecular formula is C12H25ClN2O3. The summed E-state index contributed by atoms with van der Waals surface area (Å²) in [4.78, 5) is 23.0. The van der Waals surface area contributed by atoms with Crippen LogP contribution < -0.4 is 11.1 Å². The van der Waals surface area contributed by atoms with E-state index in [1.807, 2.05) is 20.8 Å². The molecule has 0 aliphatic rings. The minimum atomic E-state index is -0.555. The molecule has 0 aliphatic carbocycles. The van der Waals surface area contributed by atoms with Gasteiger partial charge in [0.25, 0.3) is 0 Å². The van der Waals surface area contributed by atoms with E-state index in [1.165, 1.54) is 7.11 Å². The van der Waals surface area contributed by atoms with Crippen molar-refractivity contribution in [2.24, 2.45) is 11.7 Å². The topological polar surface area (TPSA) is 81.4 Å². The Balaban J connectivity index is 0. The van der Waals surface area contributed by atoms with E-state index in [9.17, 15) is 9.59 Å². The molecule has 2 unspecified atom stereocenters. The van der Waals surface area contributed by atoms with Crippen LogP contribution >= 0.6 is 12.4 Å². The number of rotatable bonds is 7. The largest absolute Gasteiger partial charge is 0.467 e. The van der Waals surface area contributed by atoms with Crippen molar-refractivity contribution in [3.05, 3.63) is 0 Å². The Kier molecular flexibility index (Phi) is 11.0. The number of esters is 1. The number of methoxy groups -OCH3 is 1. The van der Waals surface area contributed by atoms with Crippen molar-refractivity contribution in [3.63, 3.8) is 0 Å². The van der Waals surface area contributed by atoms with E-state index in [1.54, 1.807) is 0 Å². The minimum Gasteiger partial charge on any atom is -0.467 e. The summed E-state index contributed by atoms with van der Waals surface area (Å²) in [6.45, 7) is 5.83. The molecule has 108 valence electrons. The normalized spacial score (nSPS) is 13.4. The van der Waals surface area contributed by atoms with Crippen molar-refractivity contribution in [3.8, 4) is 0 Å². The number of hydrogen-bond donors (Lipinski definition) is 2. The van der Waals surface area contributed by atoms with Gasteiger partial charge in [-0.05, 0) is 25.7 Å². The van der Waals surface area contributed by atoms with Gasteiger partial charge < -0.3 is 15.8 Å². The molecule has 2 atom stereocenters. The van der Waals surface area contributed by atoms with Gasteiger partial charge >= 0.3 is 5.97 Å². The van der Waals surface area contributed by atoms with E-state index >= 15 is 0 Å². The number of nitrogens with one attached hydrogen (secondary N) is 1. The number of hydrogen-bond acceptors (Lipinski definition) is 4. The smallest absolute Gasteiger partial charge is 0.328 e. The van der Waals surface area contributed by atoms with Gasteiger partial charge in [-0.25, -0.2) is 4.79 Å². The van der Waals surface area contributed by atoms with E-state index in [4.69, 9.17) is 5.73 Å². The van der Waals surface area contributed by atoms with Gasteiger partial charge in [0.15, 0.2) is 0 Å². The van der Waals surface area contributed by atoms with E-state index in [0.29, 0.717) is 25.2 Å². The monoisotopic (exact) mass is 280 g/mol. The molecule has 0 heterocycles. The fourth-order valence-electron chi connectivity index (χ4n) is 1.45. The maximum absolute atomic E-state index is 11.6. The number of halogens is 1. The van der Waals surface area contributed by atoms with Crippen molar-refractivity contribution < 1.29 is 14.3 Å². The maximum Gasteiger partial charge on any atom is 0.328 e. The van der Waals surface area contributed by atoms with E-state index < -0.39 is 12.0 Å². The summed E-state index contributed by atoms with van der Waals surface area (Å²) in [6.07, 6.45) is 1.53. The summed E-state index contributed by atoms with van der Waals surface area (Å²) in [5.41, 5.74) is 5.57. The van der Waals surface area contributed by atoms with Crippen LogP contribution in [-0.4, -0.2) is 31.1 Å². The van der Waals surface area contributed by atoms with Crippen molar-refractivity contribution in [1.82, 2.24) is 5.32 Å². The van der Waals surface area contributed by atoms with Crippen LogP contribution in [0.25, 0.3) is 0 Å². The van der Waals surface area contributed by atoms with Crippen molar-refractivity contribution in [2.45, 2.75) is 52.1 Å². The van der Waals surface area contributed by atoms with Gasteiger partial charge in [0.05, 0.1) is 7.11 Å². The van der Waals surface area contributed by atoms with Crippen LogP contribution in [0.1, 0.15) is 40.0 Å². The minimum absolute atomic E-state index is 0. The van der Waals surface area contributed by atoms with Gasteiger partial charge in [-0.2, -0.15) is 0 Å². The third-order valence-corrected chi connectivity index (χ3v) is 2.35. The van der Waals surface area contributed by atoms with Crippen LogP contribution in [0.2, 0.25) is 0 Å². The predicted octanol–water partition coefficient (Wildman–Crippen LogP) is 1.24. The standard InChI is InChI=1S/C12H24N2O3.ClH/c1-8(2)7-10(12(16)17-4)14-11(15)6-5-9(3)13;/h8-10H,5-7,13H2,1-4H3,(H,14,15);1H. The maximum atomic E-state index is 11.6. The molecule has 0 bridgehead atoms. The number of carbonyl (C=O) groups excluding carboxylic acids is 2. The van der Waals surface area contributed by atoms with Crippen LogP contribution in [0, 0.1) is 5.92 Å². The van der Waals surface area contributed by atoms with Gasteiger partial charge in [0, 0.05) is 12.5 Å². The van der Waals surface area contributed by atoms with Crippen LogP contribution in [0.15, 0.2) is 0 Å². The highest BCUT2D eigenvalue weighted by Crippen LogP contribution is 2.07. The summed E-state index contributed by atoms with van der Waals surface area (Å²) in [5.74, 6) is -0.237. The average Bonchev–Trinajstić information content (AvgIpc) is 2.23. The lowest BCUT2D eigenvalue weighted by atomic mass is 10.0. The molecular weight excluding hydrogens is 256 g/mol. The molecule has 0 fully saturated rings. The Labute approximate surface area is 115 Å². The summed E-state index contributed by atoms with van der Waals surface area (Å²) in [6, 6.07) is -0.567. The van der Waals surface area contributed by atoms with Crippen molar-refractivity contribution >= 4 is 24.3 Å². The first-order valence-corrected chi connectivity index (χ1v) is 5.99. The van der Waals surface area contributed by atoms with Gasteiger partial charge in [-0.15, -0.1) is 12.4 Å². The van der Waals surface area contributed by atoms with Crippen LogP contribution in [0.5, 0.6) is 0 Å². The Morgan fingerprint density at radius 1 is 1.28 bits per heavy atom. The lowest BCUT2D eigenvalue weighted by Crippen LogP contribution is -2.42. The highest BCUT2D eigenvalue weighted by Gasteiger charge is 2.22. The SMILES string of the molecule is COC(=O)C(CC(C)C)NC(=O)CCC(C)N.Cl. The van der Waals surface area contributed by atoms with E-state index in [2.05, 4.69) is 10.1 Å². The highest BCUT2D eigenvalue weighted by molar-refractivity contribution is 5.85. The lowest BCUT2D eigenvalue weighted by Gasteiger charge is -2.18. The zero-order valence-corrected chi connectivity index (χ0v) is 12.4. The summed E-state index contributed by atoms with van der Waals surface area (Å²) in [7, 11) is 1.32. The molecule has 5 nitrogen and oxygen atoms in total. The van der Waals surface area contributed by atoms with Gasteiger partial charge in [-0.1, -0.05) is 13.8 Å². The molecule has 1 amide bonds. The Morgan fingerprint density at radius 3 is 2.22 bits per heavy atom. The van der Waals surface area contributed by atoms with Crippen molar-refractivity contribution in [1.29, 1.82) is 0 Å². The second-order valence-electron chi connectivity index (χ2n) is 4.79. The fraction of sp³-hybridized carbons (Fsp3) is 0.833. The number of amides is 1. The zero-order valence-electron chi connectivity index (χ0n) is 11.6. The van der Waals surface area contributed by atoms with E-state index in [-0.39, 0.29) is 24.4 Å². The molecule has 0 aromatic carbocycles. The molecule has 0 rings (SSSR count). The zero-order chi connectivity index (χ0) is 13.4. The van der Waals surface area contributed by atoms with Gasteiger partial charge in [-0.3, -0.25) is 4.79 Å². The van der Waals surface area contributed by atoms with Crippen molar-refractivity contribution in [2.75, 3.05) is 7.11 Å². The fourth-order valence-corrected chi connectivity index (χ4v) is 1.45. The number of ether oxygens (including phenoxy) is 1. The Bertz CT molecular complexity index is 258. The third kappa shape index (κ3) is 9.24. The predicted molar refractivity (Wildman–Crippen MR) is 73.5 cm³/mol. The lowest BCUT2D eigenvalue weighted by molar-refractivity contribution is -0.145. The molecule has 0 aliphatic heterocycles. The molecule has 6 heteroatoms. The van der Waals surface area contributed by atoms with Gasteiger partial charge in [0.1, 0.15) is 6.04 Å². The third-order valence-electron chi connectivity index (χ3n) is 2.35. The second-order valence-corrected chi connectivity index (χ2v) is 4.79. The molecule has 3 N–H and O–H groups in total. The highest BCUT2D eigenvalue weighted by atomic mass is 35.5.